The number of amides is 1. The standard InChI is InChI=1S/C22H21N7O3S/c30-20-15(27-22(32)28-20)7-12-10-24-29-18(25-13-3-4-13)8-14(26-19(12)29)16-5-6-17(33-16)21(31)23-9-11-1-2-11/h5-8,10-11,13,30H,1-4,9H2,(H,23,31)(H2,27,28,32)/b12-7-,25-18?. The topological polar surface area (TPSA) is 141 Å². The number of aromatic nitrogens is 5. The van der Waals surface area contributed by atoms with Crippen molar-refractivity contribution >= 4 is 29.0 Å². The van der Waals surface area contributed by atoms with Crippen molar-refractivity contribution in [2.75, 3.05) is 6.54 Å². The Hall–Kier alpha value is -3.73. The second kappa shape index (κ2) is 7.69. The van der Waals surface area contributed by atoms with Crippen LogP contribution in [0.15, 0.2) is 34.2 Å². The molecule has 0 radical (unpaired) electrons. The van der Waals surface area contributed by atoms with E-state index in [0.29, 0.717) is 32.8 Å². The number of carbonyl (C=O) groups excluding carboxylic acids is 1. The summed E-state index contributed by atoms with van der Waals surface area (Å²) in [4.78, 5) is 39.9. The Bertz CT molecular complexity index is 1550. The average Bonchev–Trinajstić information content (AvgIpc) is 3.68. The van der Waals surface area contributed by atoms with Gasteiger partial charge in [0.15, 0.2) is 11.1 Å². The highest BCUT2D eigenvalue weighted by Gasteiger charge is 2.23. The molecule has 168 valence electrons. The molecule has 4 aromatic heterocycles. The number of thiophene rings is 1. The average molecular weight is 464 g/mol. The zero-order valence-corrected chi connectivity index (χ0v) is 18.4. The first-order chi connectivity index (χ1) is 16.0. The predicted molar refractivity (Wildman–Crippen MR) is 122 cm³/mol. The number of hydrogen-bond donors (Lipinski definition) is 4. The van der Waals surface area contributed by atoms with E-state index in [2.05, 4.69) is 20.4 Å². The van der Waals surface area contributed by atoms with Crippen molar-refractivity contribution in [1.82, 2.24) is 29.9 Å². The van der Waals surface area contributed by atoms with Gasteiger partial charge in [-0.25, -0.2) is 9.78 Å². The molecule has 1 amide bonds. The van der Waals surface area contributed by atoms with E-state index >= 15 is 0 Å². The summed E-state index contributed by atoms with van der Waals surface area (Å²) in [7, 11) is 0. The van der Waals surface area contributed by atoms with Crippen LogP contribution in [0.3, 0.4) is 0 Å². The quantitative estimate of drug-likeness (QED) is 0.337. The van der Waals surface area contributed by atoms with Crippen LogP contribution in [0.5, 0.6) is 5.88 Å². The lowest BCUT2D eigenvalue weighted by molar-refractivity contribution is 0.0956. The summed E-state index contributed by atoms with van der Waals surface area (Å²) in [6, 6.07) is 5.87. The monoisotopic (exact) mass is 463 g/mol. The molecule has 6 rings (SSSR count). The number of rotatable bonds is 6. The van der Waals surface area contributed by atoms with Crippen LogP contribution in [0.25, 0.3) is 22.3 Å². The zero-order chi connectivity index (χ0) is 22.5. The van der Waals surface area contributed by atoms with E-state index in [1.54, 1.807) is 16.8 Å². The molecule has 0 aliphatic heterocycles. The Kier molecular flexibility index (Phi) is 4.64. The van der Waals surface area contributed by atoms with Crippen LogP contribution in [0.4, 0.5) is 0 Å². The summed E-state index contributed by atoms with van der Waals surface area (Å²) >= 11 is 1.39. The molecule has 10 nitrogen and oxygen atoms in total. The molecule has 4 aromatic rings. The second-order valence-corrected chi connectivity index (χ2v) is 9.58. The highest BCUT2D eigenvalue weighted by molar-refractivity contribution is 7.17. The third-order valence-corrected chi connectivity index (χ3v) is 6.81. The smallest absolute Gasteiger partial charge is 0.326 e. The van der Waals surface area contributed by atoms with Gasteiger partial charge >= 0.3 is 5.69 Å². The lowest BCUT2D eigenvalue weighted by Gasteiger charge is -2.02. The van der Waals surface area contributed by atoms with E-state index in [-0.39, 0.29) is 23.5 Å². The molecule has 0 bridgehead atoms. The number of imidazole rings is 1. The van der Waals surface area contributed by atoms with E-state index in [1.807, 2.05) is 18.2 Å². The SMILES string of the molecule is O=C(NCC1CC1)c1ccc(-c2cc(=NC3CC3)n3nc/c(=C/c4[nH]c(=O)[nH]c4O)c3n2)s1. The largest absolute Gasteiger partial charge is 0.493 e. The van der Waals surface area contributed by atoms with Gasteiger partial charge in [0.25, 0.3) is 5.91 Å². The molecular formula is C22H21N7O3S. The van der Waals surface area contributed by atoms with Crippen molar-refractivity contribution in [3.8, 4) is 16.5 Å². The maximum absolute atomic E-state index is 12.5. The van der Waals surface area contributed by atoms with Crippen molar-refractivity contribution in [3.05, 3.63) is 56.2 Å². The third kappa shape index (κ3) is 4.07. The predicted octanol–water partition coefficient (Wildman–Crippen LogP) is 0.930. The van der Waals surface area contributed by atoms with Crippen molar-refractivity contribution in [1.29, 1.82) is 0 Å². The minimum Gasteiger partial charge on any atom is -0.493 e. The molecule has 4 heterocycles. The van der Waals surface area contributed by atoms with Crippen molar-refractivity contribution in [3.63, 3.8) is 0 Å². The first-order valence-corrected chi connectivity index (χ1v) is 11.7. The number of aromatic hydroxyl groups is 1. The Labute approximate surface area is 190 Å². The number of carbonyl (C=O) groups is 1. The molecule has 0 unspecified atom stereocenters. The van der Waals surface area contributed by atoms with Crippen molar-refractivity contribution < 1.29 is 9.90 Å². The van der Waals surface area contributed by atoms with Crippen molar-refractivity contribution in [2.45, 2.75) is 31.7 Å². The summed E-state index contributed by atoms with van der Waals surface area (Å²) in [5, 5.41) is 18.0. The van der Waals surface area contributed by atoms with Gasteiger partial charge in [0.2, 0.25) is 5.88 Å². The number of fused-ring (bicyclic) bond motifs is 1. The van der Waals surface area contributed by atoms with Gasteiger partial charge in [-0.2, -0.15) is 9.61 Å². The van der Waals surface area contributed by atoms with E-state index in [9.17, 15) is 14.7 Å². The van der Waals surface area contributed by atoms with Gasteiger partial charge in [0.1, 0.15) is 5.69 Å². The number of aromatic amines is 2. The number of H-pyrrole nitrogens is 2. The van der Waals surface area contributed by atoms with E-state index in [1.165, 1.54) is 24.2 Å². The van der Waals surface area contributed by atoms with Gasteiger partial charge < -0.3 is 15.4 Å². The molecule has 11 heteroatoms. The number of nitrogens with one attached hydrogen (secondary N) is 3. The van der Waals surface area contributed by atoms with Crippen LogP contribution in [-0.4, -0.2) is 48.2 Å². The molecule has 0 atom stereocenters. The second-order valence-electron chi connectivity index (χ2n) is 8.50. The molecular weight excluding hydrogens is 442 g/mol. The van der Waals surface area contributed by atoms with Crippen molar-refractivity contribution in [2.24, 2.45) is 10.9 Å². The summed E-state index contributed by atoms with van der Waals surface area (Å²) in [6.45, 7) is 0.726. The van der Waals surface area contributed by atoms with Crippen LogP contribution >= 0.6 is 11.3 Å². The lowest BCUT2D eigenvalue weighted by atomic mass is 10.3. The minimum absolute atomic E-state index is 0.0626. The zero-order valence-electron chi connectivity index (χ0n) is 17.5. The molecule has 2 aliphatic carbocycles. The lowest BCUT2D eigenvalue weighted by Crippen LogP contribution is -2.24. The van der Waals surface area contributed by atoms with Crippen LogP contribution < -0.4 is 21.7 Å². The fourth-order valence-electron chi connectivity index (χ4n) is 3.57. The molecule has 4 N–H and O–H groups in total. The maximum Gasteiger partial charge on any atom is 0.326 e. The highest BCUT2D eigenvalue weighted by atomic mass is 32.1. The first kappa shape index (κ1) is 19.9. The fourth-order valence-corrected chi connectivity index (χ4v) is 4.45. The van der Waals surface area contributed by atoms with Gasteiger partial charge in [0, 0.05) is 17.8 Å². The Morgan fingerprint density at radius 2 is 2.15 bits per heavy atom. The molecule has 0 aromatic carbocycles. The molecule has 2 aliphatic rings. The summed E-state index contributed by atoms with van der Waals surface area (Å²) in [6.07, 6.45) is 7.69. The van der Waals surface area contributed by atoms with Gasteiger partial charge in [-0.15, -0.1) is 11.3 Å². The van der Waals surface area contributed by atoms with Gasteiger partial charge in [-0.3, -0.25) is 14.8 Å². The Balaban J connectivity index is 1.44. The summed E-state index contributed by atoms with van der Waals surface area (Å²) in [5.74, 6) is 0.306. The maximum atomic E-state index is 12.5. The first-order valence-electron chi connectivity index (χ1n) is 10.9. The van der Waals surface area contributed by atoms with Gasteiger partial charge in [0.05, 0.1) is 27.7 Å². The van der Waals surface area contributed by atoms with Crippen LogP contribution in [0, 0.1) is 5.92 Å². The molecule has 2 saturated carbocycles. The molecule has 2 fully saturated rings. The molecule has 33 heavy (non-hydrogen) atoms. The summed E-state index contributed by atoms with van der Waals surface area (Å²) in [5.41, 5.74) is 1.65. The van der Waals surface area contributed by atoms with E-state index < -0.39 is 5.69 Å². The van der Waals surface area contributed by atoms with E-state index in [4.69, 9.17) is 9.98 Å². The Morgan fingerprint density at radius 3 is 2.88 bits per heavy atom. The highest BCUT2D eigenvalue weighted by Crippen LogP contribution is 2.29. The normalized spacial score (nSPS) is 17.2. The number of nitrogens with zero attached hydrogens (tertiary/aromatic N) is 4. The van der Waals surface area contributed by atoms with Crippen LogP contribution in [0.2, 0.25) is 0 Å². The van der Waals surface area contributed by atoms with E-state index in [0.717, 1.165) is 24.3 Å². The third-order valence-electron chi connectivity index (χ3n) is 5.71. The van der Waals surface area contributed by atoms with Gasteiger partial charge in [-0.1, -0.05) is 0 Å². The molecule has 0 saturated heterocycles. The summed E-state index contributed by atoms with van der Waals surface area (Å²) < 4.78 is 1.66. The van der Waals surface area contributed by atoms with Crippen LogP contribution in [-0.2, 0) is 0 Å². The van der Waals surface area contributed by atoms with Gasteiger partial charge in [-0.05, 0) is 49.8 Å². The van der Waals surface area contributed by atoms with Crippen LogP contribution in [0.1, 0.15) is 41.0 Å². The fraction of sp³-hybridized carbons (Fsp3) is 0.318. The number of hydrogen-bond acceptors (Lipinski definition) is 7. The molecule has 0 spiro atoms. The Morgan fingerprint density at radius 1 is 1.30 bits per heavy atom. The minimum atomic E-state index is -0.501.